The van der Waals surface area contributed by atoms with Crippen LogP contribution in [0.5, 0.6) is 5.75 Å². The van der Waals surface area contributed by atoms with Crippen LogP contribution in [0.4, 0.5) is 0 Å². The summed E-state index contributed by atoms with van der Waals surface area (Å²) in [5, 5.41) is 3.23. The van der Waals surface area contributed by atoms with Gasteiger partial charge in [0.2, 0.25) is 5.91 Å². The maximum atomic E-state index is 13.4. The summed E-state index contributed by atoms with van der Waals surface area (Å²) in [7, 11) is 1.54. The van der Waals surface area contributed by atoms with E-state index in [1.165, 1.54) is 4.57 Å². The van der Waals surface area contributed by atoms with E-state index in [1.807, 2.05) is 13.8 Å². The summed E-state index contributed by atoms with van der Waals surface area (Å²) in [6.45, 7) is 6.16. The first-order valence-electron chi connectivity index (χ1n) is 9.53. The number of carbonyl (C=O) groups is 1. The topological polar surface area (TPSA) is 82.3 Å². The SMILES string of the molecule is COc1ccc(-n2c(=O)c3ccccc3n([C@@H](C)C(=O)NCC(C)C)c2=O)cc1. The van der Waals surface area contributed by atoms with Gasteiger partial charge in [-0.15, -0.1) is 0 Å². The summed E-state index contributed by atoms with van der Waals surface area (Å²) in [5.74, 6) is 0.628. The van der Waals surface area contributed by atoms with Crippen LogP contribution in [0.25, 0.3) is 16.6 Å². The van der Waals surface area contributed by atoms with Crippen molar-refractivity contribution >= 4 is 16.8 Å². The van der Waals surface area contributed by atoms with Gasteiger partial charge in [0.05, 0.1) is 23.7 Å². The zero-order valence-electron chi connectivity index (χ0n) is 17.0. The molecule has 0 aliphatic heterocycles. The fourth-order valence-corrected chi connectivity index (χ4v) is 3.19. The van der Waals surface area contributed by atoms with E-state index in [0.717, 1.165) is 4.57 Å². The molecule has 0 bridgehead atoms. The Bertz CT molecular complexity index is 1140. The molecule has 3 rings (SSSR count). The Morgan fingerprint density at radius 3 is 2.31 bits per heavy atom. The van der Waals surface area contributed by atoms with E-state index in [1.54, 1.807) is 62.6 Å². The van der Waals surface area contributed by atoms with Crippen LogP contribution >= 0.6 is 0 Å². The first-order valence-corrected chi connectivity index (χ1v) is 9.53. The number of methoxy groups -OCH3 is 1. The lowest BCUT2D eigenvalue weighted by Crippen LogP contribution is -2.44. The van der Waals surface area contributed by atoms with E-state index in [4.69, 9.17) is 4.74 Å². The number of fused-ring (bicyclic) bond motifs is 1. The molecule has 0 spiro atoms. The minimum Gasteiger partial charge on any atom is -0.497 e. The van der Waals surface area contributed by atoms with Gasteiger partial charge in [-0.2, -0.15) is 0 Å². The first-order chi connectivity index (χ1) is 13.8. The number of para-hydroxylation sites is 1. The zero-order valence-corrected chi connectivity index (χ0v) is 17.0. The molecule has 1 amide bonds. The lowest BCUT2D eigenvalue weighted by atomic mass is 10.2. The fourth-order valence-electron chi connectivity index (χ4n) is 3.19. The van der Waals surface area contributed by atoms with Gasteiger partial charge < -0.3 is 10.1 Å². The monoisotopic (exact) mass is 395 g/mol. The third-order valence-corrected chi connectivity index (χ3v) is 4.78. The van der Waals surface area contributed by atoms with Crippen molar-refractivity contribution in [3.8, 4) is 11.4 Å². The standard InChI is InChI=1S/C22H25N3O4/c1-14(2)13-23-20(26)15(3)24-19-8-6-5-7-18(19)21(27)25(22(24)28)16-9-11-17(29-4)12-10-16/h5-12,14-15H,13H2,1-4H3,(H,23,26)/t15-/m0/s1. The molecule has 29 heavy (non-hydrogen) atoms. The van der Waals surface area contributed by atoms with Gasteiger partial charge in [0.15, 0.2) is 0 Å². The quantitative estimate of drug-likeness (QED) is 0.695. The van der Waals surface area contributed by atoms with Gasteiger partial charge in [-0.1, -0.05) is 26.0 Å². The van der Waals surface area contributed by atoms with E-state index in [2.05, 4.69) is 5.32 Å². The number of hydrogen-bond acceptors (Lipinski definition) is 4. The van der Waals surface area contributed by atoms with Crippen LogP contribution in [-0.2, 0) is 4.79 Å². The molecule has 0 saturated heterocycles. The first kappa shape index (κ1) is 20.4. The van der Waals surface area contributed by atoms with Crippen LogP contribution in [0.3, 0.4) is 0 Å². The number of nitrogens with zero attached hydrogens (tertiary/aromatic N) is 2. The van der Waals surface area contributed by atoms with E-state index in [9.17, 15) is 14.4 Å². The van der Waals surface area contributed by atoms with Crippen LogP contribution < -0.4 is 21.3 Å². The van der Waals surface area contributed by atoms with Crippen molar-refractivity contribution in [2.75, 3.05) is 13.7 Å². The minimum absolute atomic E-state index is 0.272. The Morgan fingerprint density at radius 2 is 1.69 bits per heavy atom. The van der Waals surface area contributed by atoms with Gasteiger partial charge >= 0.3 is 5.69 Å². The lowest BCUT2D eigenvalue weighted by molar-refractivity contribution is -0.124. The molecule has 0 saturated carbocycles. The molecule has 7 heteroatoms. The number of amides is 1. The van der Waals surface area contributed by atoms with Crippen molar-refractivity contribution in [1.29, 1.82) is 0 Å². The number of benzene rings is 2. The molecule has 1 aromatic heterocycles. The van der Waals surface area contributed by atoms with E-state index >= 15 is 0 Å². The number of ether oxygens (including phenoxy) is 1. The van der Waals surface area contributed by atoms with Crippen LogP contribution in [0.1, 0.15) is 26.8 Å². The van der Waals surface area contributed by atoms with Crippen LogP contribution in [0, 0.1) is 5.92 Å². The maximum Gasteiger partial charge on any atom is 0.336 e. The number of aromatic nitrogens is 2. The average Bonchev–Trinajstić information content (AvgIpc) is 2.72. The molecule has 0 aliphatic rings. The van der Waals surface area contributed by atoms with Gasteiger partial charge in [0.1, 0.15) is 11.8 Å². The second-order valence-electron chi connectivity index (χ2n) is 7.32. The highest BCUT2D eigenvalue weighted by Crippen LogP contribution is 2.17. The molecule has 2 aromatic carbocycles. The Labute approximate surface area is 168 Å². The molecule has 0 radical (unpaired) electrons. The largest absolute Gasteiger partial charge is 0.497 e. The number of nitrogens with one attached hydrogen (secondary N) is 1. The molecule has 0 unspecified atom stereocenters. The van der Waals surface area contributed by atoms with Gasteiger partial charge in [0.25, 0.3) is 5.56 Å². The smallest absolute Gasteiger partial charge is 0.336 e. The molecular formula is C22H25N3O4. The third-order valence-electron chi connectivity index (χ3n) is 4.78. The number of rotatable bonds is 6. The highest BCUT2D eigenvalue weighted by molar-refractivity contribution is 5.84. The molecule has 0 aliphatic carbocycles. The summed E-state index contributed by atoms with van der Waals surface area (Å²) >= 11 is 0. The van der Waals surface area contributed by atoms with Crippen molar-refractivity contribution < 1.29 is 9.53 Å². The summed E-state index contributed by atoms with van der Waals surface area (Å²) in [4.78, 5) is 39.1. The van der Waals surface area contributed by atoms with Crippen molar-refractivity contribution in [1.82, 2.24) is 14.5 Å². The van der Waals surface area contributed by atoms with Crippen LogP contribution in [-0.4, -0.2) is 28.7 Å². The fraction of sp³-hybridized carbons (Fsp3) is 0.318. The average molecular weight is 395 g/mol. The second kappa shape index (κ2) is 8.34. The Hall–Kier alpha value is -3.35. The van der Waals surface area contributed by atoms with Gasteiger partial charge in [-0.05, 0) is 49.2 Å². The zero-order chi connectivity index (χ0) is 21.1. The van der Waals surface area contributed by atoms with Gasteiger partial charge in [-0.25, -0.2) is 9.36 Å². The molecule has 1 atom stereocenters. The van der Waals surface area contributed by atoms with Crippen molar-refractivity contribution in [3.63, 3.8) is 0 Å². The molecule has 3 aromatic rings. The third kappa shape index (κ3) is 3.94. The Morgan fingerprint density at radius 1 is 1.03 bits per heavy atom. The maximum absolute atomic E-state index is 13.4. The van der Waals surface area contributed by atoms with Crippen molar-refractivity contribution in [3.05, 3.63) is 69.4 Å². The van der Waals surface area contributed by atoms with E-state index < -0.39 is 17.3 Å². The highest BCUT2D eigenvalue weighted by atomic mass is 16.5. The second-order valence-corrected chi connectivity index (χ2v) is 7.32. The molecule has 1 heterocycles. The molecule has 1 N–H and O–H groups in total. The van der Waals surface area contributed by atoms with Crippen molar-refractivity contribution in [2.45, 2.75) is 26.8 Å². The summed E-state index contributed by atoms with van der Waals surface area (Å²) in [6.07, 6.45) is 0. The number of hydrogen-bond donors (Lipinski definition) is 1. The molecule has 7 nitrogen and oxygen atoms in total. The molecule has 0 fully saturated rings. The summed E-state index contributed by atoms with van der Waals surface area (Å²) in [6, 6.07) is 12.7. The van der Waals surface area contributed by atoms with E-state index in [-0.39, 0.29) is 11.8 Å². The minimum atomic E-state index is -0.781. The normalized spacial score (nSPS) is 12.2. The molecular weight excluding hydrogens is 370 g/mol. The van der Waals surface area contributed by atoms with E-state index in [0.29, 0.717) is 28.9 Å². The van der Waals surface area contributed by atoms with Crippen molar-refractivity contribution in [2.24, 2.45) is 5.92 Å². The van der Waals surface area contributed by atoms with Crippen LogP contribution in [0.2, 0.25) is 0 Å². The Kier molecular flexibility index (Phi) is 5.87. The van der Waals surface area contributed by atoms with Crippen LogP contribution in [0.15, 0.2) is 58.1 Å². The summed E-state index contributed by atoms with van der Waals surface area (Å²) in [5.41, 5.74) is -0.151. The lowest BCUT2D eigenvalue weighted by Gasteiger charge is -2.20. The van der Waals surface area contributed by atoms with Gasteiger partial charge in [-0.3, -0.25) is 14.2 Å². The predicted molar refractivity (Wildman–Crippen MR) is 113 cm³/mol. The number of carbonyl (C=O) groups excluding carboxylic acids is 1. The van der Waals surface area contributed by atoms with Gasteiger partial charge in [0, 0.05) is 6.54 Å². The predicted octanol–water partition coefficient (Wildman–Crippen LogP) is 2.49. The summed E-state index contributed by atoms with van der Waals surface area (Å²) < 4.78 is 7.61. The molecule has 152 valence electrons. The highest BCUT2D eigenvalue weighted by Gasteiger charge is 2.22. The Balaban J connectivity index is 2.22.